The molecule has 0 spiro atoms. The van der Waals surface area contributed by atoms with Crippen LogP contribution in [0.1, 0.15) is 82.2 Å². The van der Waals surface area contributed by atoms with Crippen molar-refractivity contribution in [3.63, 3.8) is 0 Å². The fourth-order valence-electron chi connectivity index (χ4n) is 4.59. The molecule has 0 amide bonds. The van der Waals surface area contributed by atoms with Crippen LogP contribution in [0.4, 0.5) is 0 Å². The number of hydrogen-bond acceptors (Lipinski definition) is 1. The summed E-state index contributed by atoms with van der Waals surface area (Å²) in [5, 5.41) is 0. The number of aromatic nitrogens is 1. The molecule has 144 valence electrons. The summed E-state index contributed by atoms with van der Waals surface area (Å²) in [6.45, 7) is 2.44. The van der Waals surface area contributed by atoms with Crippen molar-refractivity contribution >= 4 is 17.0 Å². The Morgan fingerprint density at radius 2 is 1.80 bits per heavy atom. The average molecular weight is 476 g/mol. The van der Waals surface area contributed by atoms with Crippen LogP contribution in [-0.2, 0) is 6.54 Å². The first-order chi connectivity index (χ1) is 11.3. The number of nitrogens with zero attached hydrogens (tertiary/aromatic N) is 2. The van der Waals surface area contributed by atoms with Crippen LogP contribution in [0, 0.1) is 5.92 Å². The van der Waals surface area contributed by atoms with Gasteiger partial charge in [-0.3, -0.25) is 4.90 Å². The Morgan fingerprint density at radius 3 is 2.52 bits per heavy atom. The molecule has 1 aliphatic heterocycles. The maximum atomic E-state index is 2.50. The first-order valence-electron chi connectivity index (χ1n) is 10.0. The normalized spacial score (nSPS) is 21.1. The third kappa shape index (κ3) is 7.30. The minimum absolute atomic E-state index is 0. The van der Waals surface area contributed by atoms with Crippen LogP contribution in [0.15, 0.2) is 24.5 Å². The fraction of sp³-hybridized carbons (Fsp3) is 0.762. The molecule has 1 aromatic rings. The fourth-order valence-corrected chi connectivity index (χ4v) is 4.59. The molecule has 1 aromatic heterocycles. The van der Waals surface area contributed by atoms with E-state index in [1.165, 1.54) is 89.3 Å². The van der Waals surface area contributed by atoms with E-state index in [1.807, 2.05) is 0 Å². The lowest BCUT2D eigenvalue weighted by Crippen LogP contribution is -3.00. The van der Waals surface area contributed by atoms with E-state index in [1.54, 1.807) is 0 Å². The number of unbranched alkanes of at least 4 members (excludes halogenated alkanes) is 3. The number of halogens is 2. The Kier molecular flexibility index (Phi) is 11.5. The van der Waals surface area contributed by atoms with Gasteiger partial charge >= 0.3 is 0 Å². The molecule has 1 atom stereocenters. The first-order valence-corrected chi connectivity index (χ1v) is 10.0. The van der Waals surface area contributed by atoms with E-state index in [0.717, 1.165) is 5.92 Å². The van der Waals surface area contributed by atoms with Crippen molar-refractivity contribution in [2.75, 3.05) is 13.6 Å². The van der Waals surface area contributed by atoms with Gasteiger partial charge in [0.1, 0.15) is 6.54 Å². The summed E-state index contributed by atoms with van der Waals surface area (Å²) in [5.41, 5.74) is 1.51. The minimum atomic E-state index is 0. The Morgan fingerprint density at radius 1 is 1.04 bits per heavy atom. The zero-order valence-electron chi connectivity index (χ0n) is 15.8. The average Bonchev–Trinajstić information content (AvgIpc) is 3.22. The summed E-state index contributed by atoms with van der Waals surface area (Å²) in [4.78, 5) is 2.50. The first kappa shape index (κ1) is 23.1. The smallest absolute Gasteiger partial charge is 0.173 e. The van der Waals surface area contributed by atoms with E-state index in [-0.39, 0.29) is 34.0 Å². The van der Waals surface area contributed by atoms with Crippen LogP contribution >= 0.6 is 17.0 Å². The molecule has 2 fully saturated rings. The number of likely N-dealkylation sites (tertiary alicyclic amines) is 1. The van der Waals surface area contributed by atoms with E-state index in [9.17, 15) is 0 Å². The monoisotopic (exact) mass is 474 g/mol. The van der Waals surface area contributed by atoms with Crippen LogP contribution in [0.5, 0.6) is 0 Å². The molecule has 1 saturated heterocycles. The highest BCUT2D eigenvalue weighted by atomic mass is 79.9. The second-order valence-electron chi connectivity index (χ2n) is 7.87. The van der Waals surface area contributed by atoms with Gasteiger partial charge in [-0.05, 0) is 44.8 Å². The lowest BCUT2D eigenvalue weighted by Gasteiger charge is -2.18. The van der Waals surface area contributed by atoms with Crippen LogP contribution in [0.25, 0.3) is 0 Å². The molecule has 2 aliphatic rings. The molecule has 0 N–H and O–H groups in total. The van der Waals surface area contributed by atoms with Crippen LogP contribution in [0.2, 0.25) is 0 Å². The number of pyridine rings is 1. The highest BCUT2D eigenvalue weighted by Gasteiger charge is 2.24. The number of hydrogen-bond donors (Lipinski definition) is 0. The summed E-state index contributed by atoms with van der Waals surface area (Å²) in [6, 6.07) is 5.19. The third-order valence-corrected chi connectivity index (χ3v) is 6.04. The predicted octanol–water partition coefficient (Wildman–Crippen LogP) is 2.46. The quantitative estimate of drug-likeness (QED) is 0.413. The zero-order valence-corrected chi connectivity index (χ0v) is 19.1. The Hall–Kier alpha value is 0.0700. The molecular weight excluding hydrogens is 440 g/mol. The van der Waals surface area contributed by atoms with Gasteiger partial charge in [0.15, 0.2) is 12.4 Å². The Labute approximate surface area is 175 Å². The summed E-state index contributed by atoms with van der Waals surface area (Å²) < 4.78 is 2.42. The number of aryl methyl sites for hydroxylation is 1. The van der Waals surface area contributed by atoms with Crippen molar-refractivity contribution < 1.29 is 21.5 Å². The molecule has 1 saturated carbocycles. The van der Waals surface area contributed by atoms with Crippen molar-refractivity contribution in [2.45, 2.75) is 83.2 Å². The van der Waals surface area contributed by atoms with Gasteiger partial charge in [0.25, 0.3) is 0 Å². The van der Waals surface area contributed by atoms with E-state index >= 15 is 0 Å². The van der Waals surface area contributed by atoms with Crippen molar-refractivity contribution in [1.82, 2.24) is 4.90 Å². The summed E-state index contributed by atoms with van der Waals surface area (Å²) >= 11 is 0. The maximum Gasteiger partial charge on any atom is 0.173 e. The van der Waals surface area contributed by atoms with Gasteiger partial charge < -0.3 is 17.0 Å². The van der Waals surface area contributed by atoms with Gasteiger partial charge in [0.05, 0.1) is 0 Å². The maximum absolute atomic E-state index is 2.50. The zero-order chi connectivity index (χ0) is 15.9. The molecule has 0 aromatic carbocycles. The molecule has 25 heavy (non-hydrogen) atoms. The summed E-state index contributed by atoms with van der Waals surface area (Å²) in [6.07, 6.45) is 20.4. The van der Waals surface area contributed by atoms with Crippen LogP contribution < -0.4 is 21.5 Å². The lowest BCUT2D eigenvalue weighted by molar-refractivity contribution is -0.697. The highest BCUT2D eigenvalue weighted by molar-refractivity contribution is 8.93. The van der Waals surface area contributed by atoms with E-state index in [2.05, 4.69) is 41.0 Å². The van der Waals surface area contributed by atoms with E-state index in [4.69, 9.17) is 0 Å². The molecular formula is C21H36Br2N2. The largest absolute Gasteiger partial charge is 1.00 e. The second kappa shape index (κ2) is 12.5. The van der Waals surface area contributed by atoms with Crippen molar-refractivity contribution in [3.8, 4) is 0 Å². The van der Waals surface area contributed by atoms with Gasteiger partial charge in [-0.2, -0.15) is 0 Å². The Bertz CT molecular complexity index is 475. The topological polar surface area (TPSA) is 7.12 Å². The lowest BCUT2D eigenvalue weighted by atomic mass is 9.99. The molecule has 0 radical (unpaired) electrons. The summed E-state index contributed by atoms with van der Waals surface area (Å²) in [7, 11) is 2.26. The molecule has 3 rings (SSSR count). The van der Waals surface area contributed by atoms with Crippen molar-refractivity contribution in [2.24, 2.45) is 5.92 Å². The van der Waals surface area contributed by atoms with E-state index in [0.29, 0.717) is 6.04 Å². The van der Waals surface area contributed by atoms with Gasteiger partial charge in [-0.1, -0.05) is 44.9 Å². The highest BCUT2D eigenvalue weighted by Crippen LogP contribution is 2.30. The molecule has 1 aliphatic carbocycles. The second-order valence-corrected chi connectivity index (χ2v) is 7.87. The number of rotatable bonds is 8. The van der Waals surface area contributed by atoms with Crippen LogP contribution in [0.3, 0.4) is 0 Å². The van der Waals surface area contributed by atoms with E-state index < -0.39 is 0 Å². The van der Waals surface area contributed by atoms with Gasteiger partial charge in [-0.25, -0.2) is 4.57 Å². The molecule has 2 heterocycles. The molecule has 2 nitrogen and oxygen atoms in total. The third-order valence-electron chi connectivity index (χ3n) is 6.04. The Balaban J connectivity index is 0.00000156. The van der Waals surface area contributed by atoms with Gasteiger partial charge in [0, 0.05) is 24.1 Å². The van der Waals surface area contributed by atoms with Gasteiger partial charge in [-0.15, -0.1) is 17.0 Å². The SMILES string of the molecule is Br.CN1CCC[C@H]1c1ccc[n+](CCCCCCC2CCCC2)c1.[Br-]. The van der Waals surface area contributed by atoms with Crippen molar-refractivity contribution in [1.29, 1.82) is 0 Å². The standard InChI is InChI=1S/C21H35N2.2BrH/c1-22-15-9-14-21(22)20-13-8-17-23(18-20)16-7-3-2-4-10-19-11-5-6-12-19;;/h8,13,17-19,21H,2-7,9-12,14-16H2,1H3;2*1H/q+1;;/p-1/t21-;;/m0../s1. The minimum Gasteiger partial charge on any atom is -1.00 e. The molecule has 0 bridgehead atoms. The van der Waals surface area contributed by atoms with Gasteiger partial charge in [0.2, 0.25) is 0 Å². The predicted molar refractivity (Wildman–Crippen MR) is 107 cm³/mol. The summed E-state index contributed by atoms with van der Waals surface area (Å²) in [5.74, 6) is 1.07. The molecule has 0 unspecified atom stereocenters. The van der Waals surface area contributed by atoms with Crippen LogP contribution in [-0.4, -0.2) is 18.5 Å². The molecule has 4 heteroatoms. The van der Waals surface area contributed by atoms with Crippen molar-refractivity contribution in [3.05, 3.63) is 30.1 Å².